The number of hydrogen-bond acceptors (Lipinski definition) is 9. The first-order valence-corrected chi connectivity index (χ1v) is 13.3. The summed E-state index contributed by atoms with van der Waals surface area (Å²) >= 11 is 1.26. The van der Waals surface area contributed by atoms with Gasteiger partial charge in [-0.2, -0.15) is 0 Å². The van der Waals surface area contributed by atoms with Gasteiger partial charge in [-0.15, -0.1) is 0 Å². The fraction of sp³-hybridized carbons (Fsp3) is 0.167. The maximum absolute atomic E-state index is 13.6. The molecule has 4 aromatic rings. The van der Waals surface area contributed by atoms with Crippen LogP contribution in [0, 0.1) is 0 Å². The lowest BCUT2D eigenvalue weighted by Crippen LogP contribution is -2.29. The maximum Gasteiger partial charge on any atom is 0.301 e. The summed E-state index contributed by atoms with van der Waals surface area (Å²) in [5.74, 6) is 0.306. The van der Waals surface area contributed by atoms with E-state index >= 15 is 0 Å². The van der Waals surface area contributed by atoms with Crippen molar-refractivity contribution in [3.8, 4) is 23.0 Å². The van der Waals surface area contributed by atoms with Crippen LogP contribution >= 0.6 is 11.3 Å². The van der Waals surface area contributed by atoms with Gasteiger partial charge in [0.05, 0.1) is 28.9 Å². The molecule has 0 spiro atoms. The second-order valence-corrected chi connectivity index (χ2v) is 10.0. The van der Waals surface area contributed by atoms with E-state index < -0.39 is 17.7 Å². The van der Waals surface area contributed by atoms with Crippen molar-refractivity contribution < 1.29 is 33.6 Å². The third kappa shape index (κ3) is 4.42. The van der Waals surface area contributed by atoms with Gasteiger partial charge in [-0.05, 0) is 54.1 Å². The lowest BCUT2D eigenvalue weighted by atomic mass is 9.95. The second kappa shape index (κ2) is 10.4. The zero-order valence-corrected chi connectivity index (χ0v) is 22.3. The summed E-state index contributed by atoms with van der Waals surface area (Å²) in [6, 6.07) is 16.4. The number of aliphatic hydroxyl groups is 1. The maximum atomic E-state index is 13.6. The van der Waals surface area contributed by atoms with Crippen molar-refractivity contribution in [3.63, 3.8) is 0 Å². The lowest BCUT2D eigenvalue weighted by Gasteiger charge is -2.23. The van der Waals surface area contributed by atoms with Gasteiger partial charge < -0.3 is 24.1 Å². The third-order valence-electron chi connectivity index (χ3n) is 6.61. The summed E-state index contributed by atoms with van der Waals surface area (Å²) in [5.41, 5.74) is 1.52. The van der Waals surface area contributed by atoms with Crippen LogP contribution in [0.1, 0.15) is 17.2 Å². The fourth-order valence-corrected chi connectivity index (χ4v) is 5.74. The highest BCUT2D eigenvalue weighted by atomic mass is 32.1. The second-order valence-electron chi connectivity index (χ2n) is 9.03. The number of nitrogens with zero attached hydrogens (tertiary/aromatic N) is 2. The normalized spacial score (nSPS) is 17.7. The van der Waals surface area contributed by atoms with Gasteiger partial charge in [0.25, 0.3) is 5.78 Å². The van der Waals surface area contributed by atoms with E-state index in [2.05, 4.69) is 11.6 Å². The van der Waals surface area contributed by atoms with Crippen molar-refractivity contribution in [2.45, 2.75) is 6.04 Å². The number of aliphatic hydroxyl groups excluding tert-OH is 1. The van der Waals surface area contributed by atoms with E-state index in [1.807, 2.05) is 6.07 Å². The van der Waals surface area contributed by atoms with E-state index in [1.54, 1.807) is 67.8 Å². The molecule has 10 heteroatoms. The molecule has 1 amide bonds. The molecule has 1 atom stereocenters. The van der Waals surface area contributed by atoms with Crippen molar-refractivity contribution in [1.29, 1.82) is 0 Å². The number of carbonyl (C=O) groups is 2. The summed E-state index contributed by atoms with van der Waals surface area (Å²) in [6.07, 6.45) is 1.64. The zero-order valence-electron chi connectivity index (χ0n) is 21.5. The van der Waals surface area contributed by atoms with Gasteiger partial charge in [0.1, 0.15) is 37.1 Å². The van der Waals surface area contributed by atoms with Crippen molar-refractivity contribution in [1.82, 2.24) is 4.98 Å². The standard InChI is InChI=1S/C30H24N2O7S/c1-3-12-37-19-7-4-17(5-8-19)26-25(27(33)18-6-11-22-23(15-18)39-14-13-38-22)28(34)29(35)32(26)30-31-21-10-9-20(36-2)16-24(21)40-30/h3-11,15-16,26,33H,1,12-14H2,2H3/b27-25+/t26-/m1/s1. The highest BCUT2D eigenvalue weighted by Gasteiger charge is 2.48. The molecule has 0 bridgehead atoms. The van der Waals surface area contributed by atoms with E-state index in [9.17, 15) is 14.7 Å². The zero-order chi connectivity index (χ0) is 27.8. The topological polar surface area (TPSA) is 107 Å². The molecule has 2 aliphatic heterocycles. The number of carbonyl (C=O) groups excluding carboxylic acids is 2. The number of aromatic nitrogens is 1. The first kappa shape index (κ1) is 25.4. The van der Waals surface area contributed by atoms with E-state index in [4.69, 9.17) is 18.9 Å². The molecule has 0 unspecified atom stereocenters. The quantitative estimate of drug-likeness (QED) is 0.142. The number of hydrogen-bond donors (Lipinski definition) is 1. The van der Waals surface area contributed by atoms with Gasteiger partial charge in [0.15, 0.2) is 16.6 Å². The van der Waals surface area contributed by atoms with Gasteiger partial charge >= 0.3 is 5.91 Å². The molecule has 1 fully saturated rings. The van der Waals surface area contributed by atoms with Gasteiger partial charge in [0.2, 0.25) is 0 Å². The smallest absolute Gasteiger partial charge is 0.301 e. The molecule has 1 saturated heterocycles. The highest BCUT2D eigenvalue weighted by molar-refractivity contribution is 7.22. The molecular weight excluding hydrogens is 532 g/mol. The predicted molar refractivity (Wildman–Crippen MR) is 151 cm³/mol. The minimum Gasteiger partial charge on any atom is -0.507 e. The van der Waals surface area contributed by atoms with Crippen LogP contribution in [0.5, 0.6) is 23.0 Å². The number of anilines is 1. The Bertz CT molecular complexity index is 1680. The van der Waals surface area contributed by atoms with E-state index in [-0.39, 0.29) is 11.3 Å². The Morgan fingerprint density at radius 2 is 1.82 bits per heavy atom. The molecule has 40 heavy (non-hydrogen) atoms. The average molecular weight is 557 g/mol. The Morgan fingerprint density at radius 3 is 2.58 bits per heavy atom. The highest BCUT2D eigenvalue weighted by Crippen LogP contribution is 2.45. The lowest BCUT2D eigenvalue weighted by molar-refractivity contribution is -0.132. The van der Waals surface area contributed by atoms with Crippen molar-refractivity contribution in [2.75, 3.05) is 31.8 Å². The van der Waals surface area contributed by atoms with Gasteiger partial charge in [0, 0.05) is 5.56 Å². The van der Waals surface area contributed by atoms with E-state index in [1.165, 1.54) is 16.2 Å². The number of ether oxygens (including phenoxy) is 4. The number of Topliss-reactive ketones (excluding diaryl/α,β-unsaturated/α-hetero) is 1. The molecule has 3 heterocycles. The number of thiazole rings is 1. The number of ketones is 1. The minimum atomic E-state index is -0.941. The Kier molecular flexibility index (Phi) is 6.61. The molecule has 3 aromatic carbocycles. The van der Waals surface area contributed by atoms with Gasteiger partial charge in [-0.25, -0.2) is 4.98 Å². The van der Waals surface area contributed by atoms with Crippen LogP contribution in [0.25, 0.3) is 16.0 Å². The third-order valence-corrected chi connectivity index (χ3v) is 7.63. The summed E-state index contributed by atoms with van der Waals surface area (Å²) < 4.78 is 23.0. The van der Waals surface area contributed by atoms with Crippen LogP contribution in [0.15, 0.2) is 78.9 Å². The number of methoxy groups -OCH3 is 1. The summed E-state index contributed by atoms with van der Waals surface area (Å²) in [4.78, 5) is 33.1. The molecular formula is C30H24N2O7S. The fourth-order valence-electron chi connectivity index (χ4n) is 4.72. The van der Waals surface area contributed by atoms with Crippen molar-refractivity contribution in [2.24, 2.45) is 0 Å². The summed E-state index contributed by atoms with van der Waals surface area (Å²) in [7, 11) is 1.57. The number of rotatable bonds is 7. The van der Waals surface area contributed by atoms with Crippen LogP contribution < -0.4 is 23.8 Å². The van der Waals surface area contributed by atoms with Gasteiger partial charge in [-0.1, -0.05) is 36.1 Å². The first-order chi connectivity index (χ1) is 19.5. The molecule has 1 aromatic heterocycles. The van der Waals surface area contributed by atoms with Crippen LogP contribution in [0.4, 0.5) is 5.13 Å². The Labute approximate surface area is 233 Å². The SMILES string of the molecule is C=CCOc1ccc([C@@H]2/C(=C(\O)c3ccc4c(c3)OCCO4)C(=O)C(=O)N2c2nc3ccc(OC)cc3s2)cc1. The molecule has 1 N–H and O–H groups in total. The molecule has 9 nitrogen and oxygen atoms in total. The van der Waals surface area contributed by atoms with Crippen LogP contribution in [-0.4, -0.2) is 48.7 Å². The van der Waals surface area contributed by atoms with Crippen molar-refractivity contribution in [3.05, 3.63) is 90.0 Å². The largest absolute Gasteiger partial charge is 0.507 e. The van der Waals surface area contributed by atoms with Crippen LogP contribution in [0.3, 0.4) is 0 Å². The van der Waals surface area contributed by atoms with Crippen LogP contribution in [-0.2, 0) is 9.59 Å². The molecule has 202 valence electrons. The monoisotopic (exact) mass is 556 g/mol. The first-order valence-electron chi connectivity index (χ1n) is 12.5. The number of fused-ring (bicyclic) bond motifs is 2. The number of benzene rings is 3. The van der Waals surface area contributed by atoms with E-state index in [0.717, 1.165) is 4.70 Å². The Hall–Kier alpha value is -4.83. The molecule has 0 aliphatic carbocycles. The molecule has 6 rings (SSSR count). The Morgan fingerprint density at radius 1 is 1.07 bits per heavy atom. The van der Waals surface area contributed by atoms with E-state index in [0.29, 0.717) is 64.6 Å². The molecule has 2 aliphatic rings. The number of amides is 1. The predicted octanol–water partition coefficient (Wildman–Crippen LogP) is 5.27. The molecule has 0 saturated carbocycles. The van der Waals surface area contributed by atoms with Crippen molar-refractivity contribution >= 4 is 44.1 Å². The summed E-state index contributed by atoms with van der Waals surface area (Å²) in [6.45, 7) is 4.78. The Balaban J connectivity index is 1.50. The molecule has 0 radical (unpaired) electrons. The van der Waals surface area contributed by atoms with Crippen LogP contribution in [0.2, 0.25) is 0 Å². The van der Waals surface area contributed by atoms with Gasteiger partial charge in [-0.3, -0.25) is 14.5 Å². The minimum absolute atomic E-state index is 0.0572. The average Bonchev–Trinajstić information content (AvgIpc) is 3.53. The summed E-state index contributed by atoms with van der Waals surface area (Å²) in [5, 5.41) is 11.8.